The highest BCUT2D eigenvalue weighted by Gasteiger charge is 2.49. The van der Waals surface area contributed by atoms with E-state index in [1.807, 2.05) is 0 Å². The minimum Gasteiger partial charge on any atom is -0.458 e. The lowest BCUT2D eigenvalue weighted by atomic mass is 9.89. The van der Waals surface area contributed by atoms with E-state index in [4.69, 9.17) is 23.3 Å². The van der Waals surface area contributed by atoms with Crippen LogP contribution >= 0.6 is 7.60 Å². The Morgan fingerprint density at radius 3 is 1.65 bits per heavy atom. The normalized spacial score (nSPS) is 25.9. The zero-order valence-corrected chi connectivity index (χ0v) is 19.2. The number of rotatable bonds is 10. The van der Waals surface area contributed by atoms with E-state index in [-0.39, 0.29) is 5.92 Å². The average Bonchev–Trinajstić information content (AvgIpc) is 2.61. The minimum absolute atomic E-state index is 0.354. The molecule has 1 heterocycles. The number of esters is 4. The largest absolute Gasteiger partial charge is 0.458 e. The zero-order valence-electron chi connectivity index (χ0n) is 18.4. The third-order valence-electron chi connectivity index (χ3n) is 4.37. The predicted molar refractivity (Wildman–Crippen MR) is 103 cm³/mol. The number of ether oxygens (including phenoxy) is 5. The molecule has 0 aliphatic carbocycles. The van der Waals surface area contributed by atoms with Crippen LogP contribution in [-0.4, -0.2) is 68.0 Å². The van der Waals surface area contributed by atoms with Crippen LogP contribution in [0.1, 0.15) is 41.5 Å². The highest BCUT2D eigenvalue weighted by Crippen LogP contribution is 2.51. The van der Waals surface area contributed by atoms with E-state index >= 15 is 0 Å². The van der Waals surface area contributed by atoms with Gasteiger partial charge in [-0.1, -0.05) is 6.92 Å². The van der Waals surface area contributed by atoms with Crippen LogP contribution in [0.3, 0.4) is 0 Å². The maximum atomic E-state index is 13.2. The smallest absolute Gasteiger partial charge is 0.339 e. The van der Waals surface area contributed by atoms with Crippen LogP contribution in [0.5, 0.6) is 0 Å². The first kappa shape index (κ1) is 27.0. The van der Waals surface area contributed by atoms with Crippen molar-refractivity contribution in [2.24, 2.45) is 5.92 Å². The summed E-state index contributed by atoms with van der Waals surface area (Å²) in [6, 6.07) is 0. The van der Waals surface area contributed by atoms with Gasteiger partial charge in [0, 0.05) is 33.6 Å². The van der Waals surface area contributed by atoms with Gasteiger partial charge in [-0.15, -0.1) is 0 Å². The maximum absolute atomic E-state index is 13.2. The van der Waals surface area contributed by atoms with Gasteiger partial charge in [0.15, 0.2) is 6.10 Å². The molecule has 1 aliphatic rings. The van der Waals surface area contributed by atoms with E-state index in [0.29, 0.717) is 0 Å². The van der Waals surface area contributed by atoms with E-state index in [9.17, 15) is 23.7 Å². The van der Waals surface area contributed by atoms with Gasteiger partial charge in [0.2, 0.25) is 13.6 Å². The first-order chi connectivity index (χ1) is 14.3. The van der Waals surface area contributed by atoms with Gasteiger partial charge in [-0.3, -0.25) is 32.8 Å². The Hall–Kier alpha value is -2.01. The van der Waals surface area contributed by atoms with E-state index < -0.39 is 75.6 Å². The number of carbonyl (C=O) groups excluding carboxylic acids is 4. The topological polar surface area (TPSA) is 150 Å². The molecule has 1 rings (SSSR count). The second kappa shape index (κ2) is 12.1. The molecule has 5 atom stereocenters. The third-order valence-corrected chi connectivity index (χ3v) is 6.17. The fourth-order valence-corrected chi connectivity index (χ4v) is 4.29. The van der Waals surface area contributed by atoms with Crippen LogP contribution in [0.2, 0.25) is 0 Å². The Morgan fingerprint density at radius 2 is 1.23 bits per heavy atom. The monoisotopic (exact) mass is 468 g/mol. The molecule has 1 fully saturated rings. The van der Waals surface area contributed by atoms with Crippen molar-refractivity contribution in [3.8, 4) is 0 Å². The standard InChI is InChI=1S/C18H29O12P/c1-10-11(2)28-16(18(30-15(6)22)17(10)29-14(5)21)7-31(23,26-8-24-12(3)19)27-9-25-13(4)20/h10-11,16-18H,7-9H2,1-6H3/t10-,11+,16-,17-,18-/m1/s1. The summed E-state index contributed by atoms with van der Waals surface area (Å²) < 4.78 is 49.3. The summed E-state index contributed by atoms with van der Waals surface area (Å²) in [7, 11) is -4.10. The van der Waals surface area contributed by atoms with Gasteiger partial charge in [0.1, 0.15) is 12.2 Å². The first-order valence-corrected chi connectivity index (χ1v) is 11.2. The fraction of sp³-hybridized carbons (Fsp3) is 0.778. The third kappa shape index (κ3) is 9.34. The highest BCUT2D eigenvalue weighted by atomic mass is 31.2. The molecule has 0 saturated carbocycles. The Balaban J connectivity index is 3.12. The van der Waals surface area contributed by atoms with Crippen molar-refractivity contribution in [2.45, 2.75) is 66.0 Å². The molecule has 0 spiro atoms. The van der Waals surface area contributed by atoms with Crippen LogP contribution in [-0.2, 0) is 56.5 Å². The summed E-state index contributed by atoms with van der Waals surface area (Å²) in [5.41, 5.74) is 0. The van der Waals surface area contributed by atoms with Crippen molar-refractivity contribution >= 4 is 31.5 Å². The molecule has 178 valence electrons. The van der Waals surface area contributed by atoms with Crippen LogP contribution in [0.4, 0.5) is 0 Å². The van der Waals surface area contributed by atoms with Crippen molar-refractivity contribution < 1.29 is 56.5 Å². The maximum Gasteiger partial charge on any atom is 0.339 e. The summed E-state index contributed by atoms with van der Waals surface area (Å²) in [5.74, 6) is -2.99. The van der Waals surface area contributed by atoms with Crippen molar-refractivity contribution in [1.29, 1.82) is 0 Å². The Kier molecular flexibility index (Phi) is 10.6. The molecule has 0 radical (unpaired) electrons. The van der Waals surface area contributed by atoms with E-state index in [1.165, 1.54) is 13.8 Å². The van der Waals surface area contributed by atoms with Crippen molar-refractivity contribution in [3.05, 3.63) is 0 Å². The lowest BCUT2D eigenvalue weighted by molar-refractivity contribution is -0.216. The van der Waals surface area contributed by atoms with Gasteiger partial charge in [0.25, 0.3) is 0 Å². The van der Waals surface area contributed by atoms with E-state index in [2.05, 4.69) is 9.47 Å². The highest BCUT2D eigenvalue weighted by molar-refractivity contribution is 7.53. The van der Waals surface area contributed by atoms with Gasteiger partial charge in [-0.05, 0) is 6.92 Å². The lowest BCUT2D eigenvalue weighted by Gasteiger charge is -2.43. The second-order valence-corrected chi connectivity index (χ2v) is 9.05. The molecular weight excluding hydrogens is 439 g/mol. The lowest BCUT2D eigenvalue weighted by Crippen LogP contribution is -2.57. The molecule has 0 aromatic rings. The molecule has 12 nitrogen and oxygen atoms in total. The summed E-state index contributed by atoms with van der Waals surface area (Å²) in [6.07, 6.45) is -4.01. The molecule has 1 aliphatic heterocycles. The molecule has 1 saturated heterocycles. The molecule has 13 heteroatoms. The summed E-state index contributed by atoms with van der Waals surface area (Å²) >= 11 is 0. The molecule has 0 unspecified atom stereocenters. The SMILES string of the molecule is CC(=O)OCOP(=O)(C[C@H]1O[C@@H](C)[C@@H](C)[C@@H](OC(C)=O)[C@@H]1OC(C)=O)OCOC(C)=O. The van der Waals surface area contributed by atoms with Gasteiger partial charge < -0.3 is 23.7 Å². The second-order valence-electron chi connectivity index (χ2n) is 6.95. The molecule has 0 amide bonds. The fourth-order valence-electron chi connectivity index (χ4n) is 2.84. The zero-order chi connectivity index (χ0) is 23.8. The van der Waals surface area contributed by atoms with E-state index in [0.717, 1.165) is 13.8 Å². The first-order valence-electron chi connectivity index (χ1n) is 9.49. The van der Waals surface area contributed by atoms with Crippen LogP contribution in [0, 0.1) is 5.92 Å². The van der Waals surface area contributed by atoms with Gasteiger partial charge in [-0.2, -0.15) is 0 Å². The molecule has 31 heavy (non-hydrogen) atoms. The molecule has 0 aromatic heterocycles. The molecular formula is C18H29O12P. The molecule has 0 N–H and O–H groups in total. The average molecular weight is 468 g/mol. The summed E-state index contributed by atoms with van der Waals surface area (Å²) in [4.78, 5) is 45.2. The van der Waals surface area contributed by atoms with Gasteiger partial charge >= 0.3 is 31.5 Å². The molecule has 0 bridgehead atoms. The predicted octanol–water partition coefficient (Wildman–Crippen LogP) is 1.54. The van der Waals surface area contributed by atoms with Crippen molar-refractivity contribution in [2.75, 3.05) is 19.7 Å². The molecule has 0 aromatic carbocycles. The Bertz CT molecular complexity index is 684. The van der Waals surface area contributed by atoms with Gasteiger partial charge in [-0.25, -0.2) is 0 Å². The van der Waals surface area contributed by atoms with Crippen LogP contribution in [0.15, 0.2) is 0 Å². The Labute approximate surface area is 180 Å². The van der Waals surface area contributed by atoms with E-state index in [1.54, 1.807) is 13.8 Å². The van der Waals surface area contributed by atoms with Crippen molar-refractivity contribution in [1.82, 2.24) is 0 Å². The number of hydrogen-bond donors (Lipinski definition) is 0. The summed E-state index contributed by atoms with van der Waals surface area (Å²) in [5, 5.41) is 0. The minimum atomic E-state index is -4.10. The number of hydrogen-bond acceptors (Lipinski definition) is 12. The number of carbonyl (C=O) groups is 4. The summed E-state index contributed by atoms with van der Waals surface area (Å²) in [6.45, 7) is 6.69. The quantitative estimate of drug-likeness (QED) is 0.198. The van der Waals surface area contributed by atoms with Gasteiger partial charge in [0.05, 0.1) is 12.3 Å². The van der Waals surface area contributed by atoms with Crippen molar-refractivity contribution in [3.63, 3.8) is 0 Å². The Morgan fingerprint density at radius 1 is 0.774 bits per heavy atom. The van der Waals surface area contributed by atoms with Crippen LogP contribution in [0.25, 0.3) is 0 Å². The van der Waals surface area contributed by atoms with Crippen LogP contribution < -0.4 is 0 Å².